The monoisotopic (exact) mass is 243 g/mol. The molecule has 2 N–H and O–H groups in total. The maximum absolute atomic E-state index is 11.6. The Morgan fingerprint density at radius 1 is 1.41 bits per heavy atom. The standard InChI is InChI=1S/C12H25N3O2/c1-3-13-11-4-7-15(8-5-11)10-12(16)14-6-9-17-2/h11,13H,3-10H2,1-2H3,(H,14,16). The lowest BCUT2D eigenvalue weighted by Gasteiger charge is -2.31. The van der Waals surface area contributed by atoms with Crippen LogP contribution in [0.5, 0.6) is 0 Å². The molecular formula is C12H25N3O2. The number of methoxy groups -OCH3 is 1. The van der Waals surface area contributed by atoms with Gasteiger partial charge in [0.1, 0.15) is 0 Å². The smallest absolute Gasteiger partial charge is 0.234 e. The van der Waals surface area contributed by atoms with Gasteiger partial charge in [-0.3, -0.25) is 9.69 Å². The van der Waals surface area contributed by atoms with E-state index in [2.05, 4.69) is 22.5 Å². The highest BCUT2D eigenvalue weighted by Gasteiger charge is 2.19. The summed E-state index contributed by atoms with van der Waals surface area (Å²) in [5.74, 6) is 0.101. The van der Waals surface area contributed by atoms with Crippen LogP contribution in [0.2, 0.25) is 0 Å². The molecule has 0 aromatic rings. The molecule has 100 valence electrons. The summed E-state index contributed by atoms with van der Waals surface area (Å²) >= 11 is 0. The first kappa shape index (κ1) is 14.4. The number of hydrogen-bond donors (Lipinski definition) is 2. The molecule has 1 heterocycles. The molecule has 0 aliphatic carbocycles. The summed E-state index contributed by atoms with van der Waals surface area (Å²) in [6.07, 6.45) is 2.28. The van der Waals surface area contributed by atoms with Crippen molar-refractivity contribution in [3.8, 4) is 0 Å². The highest BCUT2D eigenvalue weighted by molar-refractivity contribution is 5.77. The molecule has 0 aromatic heterocycles. The lowest BCUT2D eigenvalue weighted by molar-refractivity contribution is -0.122. The third-order valence-corrected chi connectivity index (χ3v) is 3.08. The zero-order valence-electron chi connectivity index (χ0n) is 11.0. The van der Waals surface area contributed by atoms with Crippen LogP contribution in [0, 0.1) is 0 Å². The van der Waals surface area contributed by atoms with Crippen LogP contribution in [0.25, 0.3) is 0 Å². The quantitative estimate of drug-likeness (QED) is 0.609. The molecule has 1 fully saturated rings. The minimum absolute atomic E-state index is 0.101. The molecule has 0 bridgehead atoms. The topological polar surface area (TPSA) is 53.6 Å². The molecule has 0 aromatic carbocycles. The first-order chi connectivity index (χ1) is 8.26. The van der Waals surface area contributed by atoms with Crippen molar-refractivity contribution in [3.63, 3.8) is 0 Å². The van der Waals surface area contributed by atoms with Gasteiger partial charge in [0.15, 0.2) is 0 Å². The molecule has 17 heavy (non-hydrogen) atoms. The predicted octanol–water partition coefficient (Wildman–Crippen LogP) is -0.177. The van der Waals surface area contributed by atoms with E-state index in [1.165, 1.54) is 0 Å². The largest absolute Gasteiger partial charge is 0.383 e. The summed E-state index contributed by atoms with van der Waals surface area (Å²) in [4.78, 5) is 13.8. The van der Waals surface area contributed by atoms with E-state index in [1.54, 1.807) is 7.11 Å². The van der Waals surface area contributed by atoms with Crippen LogP contribution in [0.15, 0.2) is 0 Å². The molecule has 0 saturated carbocycles. The third kappa shape index (κ3) is 6.00. The van der Waals surface area contributed by atoms with Crippen molar-refractivity contribution >= 4 is 5.91 Å². The normalized spacial score (nSPS) is 18.2. The number of amides is 1. The lowest BCUT2D eigenvalue weighted by atomic mass is 10.1. The predicted molar refractivity (Wildman–Crippen MR) is 68.0 cm³/mol. The molecular weight excluding hydrogens is 218 g/mol. The molecule has 0 radical (unpaired) electrons. The molecule has 0 unspecified atom stereocenters. The fourth-order valence-corrected chi connectivity index (χ4v) is 2.14. The number of hydrogen-bond acceptors (Lipinski definition) is 4. The number of ether oxygens (including phenoxy) is 1. The number of piperidine rings is 1. The van der Waals surface area contributed by atoms with Gasteiger partial charge in [-0.25, -0.2) is 0 Å². The van der Waals surface area contributed by atoms with Gasteiger partial charge in [-0.1, -0.05) is 6.92 Å². The molecule has 1 amide bonds. The Labute approximate surface area is 104 Å². The van der Waals surface area contributed by atoms with E-state index in [1.807, 2.05) is 0 Å². The molecule has 0 spiro atoms. The minimum atomic E-state index is 0.101. The Hall–Kier alpha value is -0.650. The van der Waals surface area contributed by atoms with E-state index < -0.39 is 0 Å². The Morgan fingerprint density at radius 3 is 2.71 bits per heavy atom. The first-order valence-corrected chi connectivity index (χ1v) is 6.47. The summed E-state index contributed by atoms with van der Waals surface area (Å²) in [6.45, 7) is 6.88. The number of carbonyl (C=O) groups is 1. The van der Waals surface area contributed by atoms with Gasteiger partial charge in [0.2, 0.25) is 5.91 Å². The van der Waals surface area contributed by atoms with Crippen molar-refractivity contribution in [2.45, 2.75) is 25.8 Å². The summed E-state index contributed by atoms with van der Waals surface area (Å²) in [7, 11) is 1.64. The van der Waals surface area contributed by atoms with Crippen LogP contribution in [0.3, 0.4) is 0 Å². The second-order valence-electron chi connectivity index (χ2n) is 4.45. The van der Waals surface area contributed by atoms with Crippen molar-refractivity contribution < 1.29 is 9.53 Å². The van der Waals surface area contributed by atoms with Crippen molar-refractivity contribution in [1.29, 1.82) is 0 Å². The average molecular weight is 243 g/mol. The van der Waals surface area contributed by atoms with Crippen LogP contribution in [0.4, 0.5) is 0 Å². The zero-order chi connectivity index (χ0) is 12.5. The maximum atomic E-state index is 11.6. The number of nitrogens with one attached hydrogen (secondary N) is 2. The zero-order valence-corrected chi connectivity index (χ0v) is 11.0. The Balaban J connectivity index is 2.10. The van der Waals surface area contributed by atoms with Crippen LogP contribution in [-0.2, 0) is 9.53 Å². The molecule has 0 atom stereocenters. The maximum Gasteiger partial charge on any atom is 0.234 e. The van der Waals surface area contributed by atoms with Gasteiger partial charge in [-0.15, -0.1) is 0 Å². The van der Waals surface area contributed by atoms with Crippen LogP contribution in [0.1, 0.15) is 19.8 Å². The fourth-order valence-electron chi connectivity index (χ4n) is 2.14. The van der Waals surface area contributed by atoms with Gasteiger partial charge < -0.3 is 15.4 Å². The molecule has 1 aliphatic rings. The van der Waals surface area contributed by atoms with Crippen LogP contribution >= 0.6 is 0 Å². The van der Waals surface area contributed by atoms with Gasteiger partial charge in [0.05, 0.1) is 13.2 Å². The van der Waals surface area contributed by atoms with Gasteiger partial charge in [0, 0.05) is 32.8 Å². The molecule has 1 aliphatic heterocycles. The fraction of sp³-hybridized carbons (Fsp3) is 0.917. The van der Waals surface area contributed by atoms with E-state index >= 15 is 0 Å². The van der Waals surface area contributed by atoms with Gasteiger partial charge in [-0.2, -0.15) is 0 Å². The number of likely N-dealkylation sites (tertiary alicyclic amines) is 1. The summed E-state index contributed by atoms with van der Waals surface area (Å²) < 4.78 is 4.89. The third-order valence-electron chi connectivity index (χ3n) is 3.08. The molecule has 1 saturated heterocycles. The number of nitrogens with zero attached hydrogens (tertiary/aromatic N) is 1. The van der Waals surface area contributed by atoms with E-state index in [0.29, 0.717) is 25.7 Å². The Bertz CT molecular complexity index is 216. The van der Waals surface area contributed by atoms with Gasteiger partial charge in [-0.05, 0) is 19.4 Å². The van der Waals surface area contributed by atoms with Crippen molar-refractivity contribution in [1.82, 2.24) is 15.5 Å². The highest BCUT2D eigenvalue weighted by atomic mass is 16.5. The summed E-state index contributed by atoms with van der Waals surface area (Å²) in [5.41, 5.74) is 0. The Morgan fingerprint density at radius 2 is 2.12 bits per heavy atom. The average Bonchev–Trinajstić information content (AvgIpc) is 2.32. The molecule has 5 nitrogen and oxygen atoms in total. The highest BCUT2D eigenvalue weighted by Crippen LogP contribution is 2.09. The van der Waals surface area contributed by atoms with E-state index in [4.69, 9.17) is 4.74 Å². The van der Waals surface area contributed by atoms with Crippen molar-refractivity contribution in [3.05, 3.63) is 0 Å². The van der Waals surface area contributed by atoms with Gasteiger partial charge >= 0.3 is 0 Å². The van der Waals surface area contributed by atoms with E-state index in [-0.39, 0.29) is 5.91 Å². The number of carbonyl (C=O) groups excluding carboxylic acids is 1. The number of rotatable bonds is 7. The molecule has 1 rings (SSSR count). The van der Waals surface area contributed by atoms with Gasteiger partial charge in [0.25, 0.3) is 0 Å². The second kappa shape index (κ2) is 8.44. The van der Waals surface area contributed by atoms with Crippen LogP contribution in [-0.4, -0.2) is 63.3 Å². The van der Waals surface area contributed by atoms with E-state index in [0.717, 1.165) is 32.5 Å². The Kier molecular flexibility index (Phi) is 7.16. The summed E-state index contributed by atoms with van der Waals surface area (Å²) in [6, 6.07) is 0.632. The summed E-state index contributed by atoms with van der Waals surface area (Å²) in [5, 5.41) is 6.30. The first-order valence-electron chi connectivity index (χ1n) is 6.47. The van der Waals surface area contributed by atoms with E-state index in [9.17, 15) is 4.79 Å². The minimum Gasteiger partial charge on any atom is -0.383 e. The molecule has 5 heteroatoms. The second-order valence-corrected chi connectivity index (χ2v) is 4.45. The SMILES string of the molecule is CCNC1CCN(CC(=O)NCCOC)CC1. The van der Waals surface area contributed by atoms with Crippen molar-refractivity contribution in [2.24, 2.45) is 0 Å². The van der Waals surface area contributed by atoms with Crippen molar-refractivity contribution in [2.75, 3.05) is 46.4 Å². The lowest BCUT2D eigenvalue weighted by Crippen LogP contribution is -2.46. The van der Waals surface area contributed by atoms with Crippen LogP contribution < -0.4 is 10.6 Å².